The highest BCUT2D eigenvalue weighted by molar-refractivity contribution is 9.10. The van der Waals surface area contributed by atoms with Crippen molar-refractivity contribution in [3.8, 4) is 22.3 Å². The van der Waals surface area contributed by atoms with E-state index in [1.165, 1.54) is 0 Å². The Morgan fingerprint density at radius 2 is 1.48 bits per heavy atom. The third kappa shape index (κ3) is 2.71. The minimum Gasteiger partial charge on any atom is -0.455 e. The van der Waals surface area contributed by atoms with Crippen molar-refractivity contribution >= 4 is 43.6 Å². The predicted molar refractivity (Wildman–Crippen MR) is 117 cm³/mol. The lowest BCUT2D eigenvalue weighted by molar-refractivity contribution is 0.670. The Labute approximate surface area is 165 Å². The topological polar surface area (TPSA) is 39.2 Å². The third-order valence-electron chi connectivity index (χ3n) is 4.87. The molecule has 130 valence electrons. The molecule has 27 heavy (non-hydrogen) atoms. The fraction of sp³-hybridized carbons (Fsp3) is 0. The van der Waals surface area contributed by atoms with Crippen LogP contribution in [0.15, 0.2) is 93.8 Å². The number of halogens is 1. The van der Waals surface area contributed by atoms with Gasteiger partial charge in [-0.3, -0.25) is 0 Å². The number of furan rings is 1. The maximum absolute atomic E-state index is 6.25. The molecule has 0 radical (unpaired) electrons. The zero-order valence-corrected chi connectivity index (χ0v) is 16.0. The average molecular weight is 414 g/mol. The van der Waals surface area contributed by atoms with E-state index in [0.29, 0.717) is 0 Å². The Morgan fingerprint density at radius 3 is 2.37 bits per heavy atom. The van der Waals surface area contributed by atoms with E-state index in [2.05, 4.69) is 64.5 Å². The Morgan fingerprint density at radius 1 is 0.667 bits per heavy atom. The van der Waals surface area contributed by atoms with Crippen LogP contribution in [0.1, 0.15) is 0 Å². The van der Waals surface area contributed by atoms with Crippen LogP contribution in [0, 0.1) is 0 Å². The number of nitrogen functional groups attached to an aromatic ring is 1. The van der Waals surface area contributed by atoms with Crippen molar-refractivity contribution in [1.82, 2.24) is 0 Å². The molecule has 0 amide bonds. The number of para-hydroxylation sites is 2. The molecule has 0 aliphatic carbocycles. The van der Waals surface area contributed by atoms with Gasteiger partial charge in [-0.25, -0.2) is 0 Å². The predicted octanol–water partition coefficient (Wildman–Crippen LogP) is 7.26. The number of hydrogen-bond donors (Lipinski definition) is 1. The molecule has 0 atom stereocenters. The first-order chi connectivity index (χ1) is 13.2. The van der Waals surface area contributed by atoms with Crippen molar-refractivity contribution in [1.29, 1.82) is 0 Å². The molecule has 2 N–H and O–H groups in total. The zero-order valence-electron chi connectivity index (χ0n) is 14.4. The van der Waals surface area contributed by atoms with E-state index in [1.807, 2.05) is 36.4 Å². The van der Waals surface area contributed by atoms with Crippen LogP contribution in [0.2, 0.25) is 0 Å². The molecular formula is C24H16BrNO. The van der Waals surface area contributed by atoms with Crippen molar-refractivity contribution < 1.29 is 4.42 Å². The number of rotatable bonds is 2. The van der Waals surface area contributed by atoms with Gasteiger partial charge in [0.2, 0.25) is 0 Å². The second-order valence-electron chi connectivity index (χ2n) is 6.60. The van der Waals surface area contributed by atoms with Gasteiger partial charge in [0.05, 0.1) is 0 Å². The van der Waals surface area contributed by atoms with Crippen molar-refractivity contribution in [2.45, 2.75) is 0 Å². The lowest BCUT2D eigenvalue weighted by Crippen LogP contribution is -1.89. The first-order valence-electron chi connectivity index (χ1n) is 8.77. The van der Waals surface area contributed by atoms with Crippen molar-refractivity contribution in [3.05, 3.63) is 89.4 Å². The Hall–Kier alpha value is -3.04. The lowest BCUT2D eigenvalue weighted by atomic mass is 9.93. The first-order valence-corrected chi connectivity index (χ1v) is 9.56. The molecule has 5 rings (SSSR count). The standard InChI is InChI=1S/C24H16BrNO/c25-16-11-12-18(22(14-16)15-5-3-6-17(26)13-15)20-8-4-9-21-19-7-1-2-10-23(19)27-24(20)21/h1-14H,26H2. The number of anilines is 1. The van der Waals surface area contributed by atoms with Gasteiger partial charge in [0.25, 0.3) is 0 Å². The average Bonchev–Trinajstić information content (AvgIpc) is 3.07. The molecule has 0 saturated carbocycles. The molecule has 0 bridgehead atoms. The summed E-state index contributed by atoms with van der Waals surface area (Å²) in [5.41, 5.74) is 13.0. The van der Waals surface area contributed by atoms with Gasteiger partial charge in [0, 0.05) is 26.5 Å². The van der Waals surface area contributed by atoms with E-state index in [4.69, 9.17) is 10.2 Å². The number of fused-ring (bicyclic) bond motifs is 3. The summed E-state index contributed by atoms with van der Waals surface area (Å²) in [5, 5.41) is 2.27. The summed E-state index contributed by atoms with van der Waals surface area (Å²) >= 11 is 3.61. The molecule has 2 nitrogen and oxygen atoms in total. The van der Waals surface area contributed by atoms with E-state index >= 15 is 0 Å². The minimum atomic E-state index is 0.750. The van der Waals surface area contributed by atoms with Crippen molar-refractivity contribution in [2.75, 3.05) is 5.73 Å². The molecule has 0 aliphatic heterocycles. The third-order valence-corrected chi connectivity index (χ3v) is 5.37. The fourth-order valence-corrected chi connectivity index (χ4v) is 4.02. The second kappa shape index (κ2) is 6.29. The van der Waals surface area contributed by atoms with Crippen molar-refractivity contribution in [2.24, 2.45) is 0 Å². The summed E-state index contributed by atoms with van der Waals surface area (Å²) in [5.74, 6) is 0. The molecule has 0 unspecified atom stereocenters. The molecule has 0 saturated heterocycles. The van der Waals surface area contributed by atoms with Gasteiger partial charge >= 0.3 is 0 Å². The van der Waals surface area contributed by atoms with Gasteiger partial charge in [-0.2, -0.15) is 0 Å². The van der Waals surface area contributed by atoms with Gasteiger partial charge in [-0.1, -0.05) is 70.5 Å². The van der Waals surface area contributed by atoms with Crippen LogP contribution in [0.5, 0.6) is 0 Å². The molecule has 5 aromatic rings. The summed E-state index contributed by atoms with van der Waals surface area (Å²) < 4.78 is 7.27. The van der Waals surface area contributed by atoms with Gasteiger partial charge in [0.1, 0.15) is 11.2 Å². The summed E-state index contributed by atoms with van der Waals surface area (Å²) in [6.07, 6.45) is 0. The SMILES string of the molecule is Nc1cccc(-c2cc(Br)ccc2-c2cccc3c2oc2ccccc23)c1. The van der Waals surface area contributed by atoms with Crippen LogP contribution in [-0.4, -0.2) is 0 Å². The zero-order chi connectivity index (χ0) is 18.4. The van der Waals surface area contributed by atoms with E-state index in [0.717, 1.165) is 54.4 Å². The normalized spacial score (nSPS) is 11.3. The lowest BCUT2D eigenvalue weighted by Gasteiger charge is -2.12. The highest BCUT2D eigenvalue weighted by Gasteiger charge is 2.15. The summed E-state index contributed by atoms with van der Waals surface area (Å²) in [6.45, 7) is 0. The van der Waals surface area contributed by atoms with Crippen LogP contribution in [0.4, 0.5) is 5.69 Å². The Balaban J connectivity index is 1.83. The molecule has 0 fully saturated rings. The molecule has 1 aromatic heterocycles. The van der Waals surface area contributed by atoms with Crippen LogP contribution in [0.3, 0.4) is 0 Å². The van der Waals surface area contributed by atoms with Crippen LogP contribution >= 0.6 is 15.9 Å². The molecule has 0 aliphatic rings. The fourth-order valence-electron chi connectivity index (χ4n) is 3.66. The summed E-state index contributed by atoms with van der Waals surface area (Å²) in [6, 6.07) is 28.8. The smallest absolute Gasteiger partial charge is 0.143 e. The quantitative estimate of drug-likeness (QED) is 0.309. The van der Waals surface area contributed by atoms with Crippen molar-refractivity contribution in [3.63, 3.8) is 0 Å². The van der Waals surface area contributed by atoms with Gasteiger partial charge in [0.15, 0.2) is 0 Å². The molecule has 0 spiro atoms. The van der Waals surface area contributed by atoms with E-state index in [1.54, 1.807) is 0 Å². The number of hydrogen-bond acceptors (Lipinski definition) is 2. The number of benzene rings is 4. The van der Waals surface area contributed by atoms with Crippen LogP contribution in [-0.2, 0) is 0 Å². The second-order valence-corrected chi connectivity index (χ2v) is 7.51. The molecular weight excluding hydrogens is 398 g/mol. The van der Waals surface area contributed by atoms with Crippen LogP contribution < -0.4 is 5.73 Å². The maximum atomic E-state index is 6.25. The highest BCUT2D eigenvalue weighted by Crippen LogP contribution is 2.40. The van der Waals surface area contributed by atoms with Gasteiger partial charge < -0.3 is 10.2 Å². The van der Waals surface area contributed by atoms with Crippen LogP contribution in [0.25, 0.3) is 44.2 Å². The van der Waals surface area contributed by atoms with Gasteiger partial charge in [-0.05, 0) is 47.0 Å². The first kappa shape index (κ1) is 16.2. The monoisotopic (exact) mass is 413 g/mol. The summed E-state index contributed by atoms with van der Waals surface area (Å²) in [4.78, 5) is 0. The minimum absolute atomic E-state index is 0.750. The Kier molecular flexibility index (Phi) is 3.76. The Bertz CT molecular complexity index is 1300. The van der Waals surface area contributed by atoms with Gasteiger partial charge in [-0.15, -0.1) is 0 Å². The van der Waals surface area contributed by atoms with E-state index in [9.17, 15) is 0 Å². The highest BCUT2D eigenvalue weighted by atomic mass is 79.9. The molecule has 3 heteroatoms. The molecule has 1 heterocycles. The largest absolute Gasteiger partial charge is 0.455 e. The van der Waals surface area contributed by atoms with E-state index in [-0.39, 0.29) is 0 Å². The van der Waals surface area contributed by atoms with E-state index < -0.39 is 0 Å². The summed E-state index contributed by atoms with van der Waals surface area (Å²) in [7, 11) is 0. The number of nitrogens with two attached hydrogens (primary N) is 1. The maximum Gasteiger partial charge on any atom is 0.143 e. The molecule has 4 aromatic carbocycles.